The first-order valence-electron chi connectivity index (χ1n) is 11.4. The summed E-state index contributed by atoms with van der Waals surface area (Å²) in [5.74, 6) is -0.139. The Labute approximate surface area is 201 Å². The van der Waals surface area contributed by atoms with E-state index in [4.69, 9.17) is 16.3 Å². The van der Waals surface area contributed by atoms with Crippen molar-refractivity contribution in [1.29, 1.82) is 5.26 Å². The van der Waals surface area contributed by atoms with Gasteiger partial charge in [-0.15, -0.1) is 0 Å². The van der Waals surface area contributed by atoms with E-state index in [1.165, 1.54) is 10.6 Å². The van der Waals surface area contributed by atoms with Gasteiger partial charge in [0.1, 0.15) is 35.4 Å². The van der Waals surface area contributed by atoms with Crippen molar-refractivity contribution in [3.63, 3.8) is 0 Å². The van der Waals surface area contributed by atoms with Crippen molar-refractivity contribution < 1.29 is 9.13 Å². The quantitative estimate of drug-likeness (QED) is 0.562. The Morgan fingerprint density at radius 1 is 1.32 bits per heavy atom. The van der Waals surface area contributed by atoms with Crippen LogP contribution in [0.5, 0.6) is 5.75 Å². The minimum Gasteiger partial charge on any atom is -0.484 e. The fourth-order valence-corrected chi connectivity index (χ4v) is 5.49. The van der Waals surface area contributed by atoms with Crippen LogP contribution in [0.25, 0.3) is 11.0 Å². The standard InChI is InChI=1S/C25H25ClFN5O2/c1-4-20(15-5-7-19(27)18(26)9-15)31-12-17-13-34-24-23(32(17)11-14(31)2)22-21(30(3)25(24)33)8-6-16(10-28)29-22/h5-9,14,17,20H,4,11-13H2,1-3H3/t14-,17+,20-/m1/s1. The van der Waals surface area contributed by atoms with Crippen molar-refractivity contribution in [3.05, 3.63) is 62.8 Å². The van der Waals surface area contributed by atoms with Gasteiger partial charge in [0.15, 0.2) is 0 Å². The van der Waals surface area contributed by atoms with Crippen LogP contribution in [-0.4, -0.2) is 46.2 Å². The highest BCUT2D eigenvalue weighted by Gasteiger charge is 2.41. The molecule has 176 valence electrons. The Morgan fingerprint density at radius 3 is 2.82 bits per heavy atom. The molecular weight excluding hydrogens is 457 g/mol. The molecule has 5 rings (SSSR count). The minimum atomic E-state index is -0.423. The zero-order valence-electron chi connectivity index (χ0n) is 19.3. The van der Waals surface area contributed by atoms with Gasteiger partial charge < -0.3 is 14.2 Å². The van der Waals surface area contributed by atoms with Crippen molar-refractivity contribution in [3.8, 4) is 11.8 Å². The maximum Gasteiger partial charge on any atom is 0.295 e. The summed E-state index contributed by atoms with van der Waals surface area (Å²) in [6.45, 7) is 5.99. The number of ether oxygens (including phenoxy) is 1. The Morgan fingerprint density at radius 2 is 2.12 bits per heavy atom. The number of benzene rings is 1. The number of aryl methyl sites for hydroxylation is 1. The Balaban J connectivity index is 1.56. The number of hydrogen-bond acceptors (Lipinski definition) is 6. The molecule has 9 heteroatoms. The van der Waals surface area contributed by atoms with Gasteiger partial charge in [0.2, 0.25) is 5.75 Å². The first kappa shape index (κ1) is 22.6. The summed E-state index contributed by atoms with van der Waals surface area (Å²) >= 11 is 6.08. The number of anilines is 1. The highest BCUT2D eigenvalue weighted by Crippen LogP contribution is 2.41. The van der Waals surface area contributed by atoms with Crippen LogP contribution in [0.1, 0.15) is 37.6 Å². The van der Waals surface area contributed by atoms with Gasteiger partial charge in [-0.05, 0) is 43.2 Å². The van der Waals surface area contributed by atoms with Crippen LogP contribution in [0.2, 0.25) is 5.02 Å². The second-order valence-corrected chi connectivity index (χ2v) is 9.39. The normalized spacial score (nSPS) is 20.9. The van der Waals surface area contributed by atoms with Crippen molar-refractivity contribution in [2.75, 3.05) is 24.6 Å². The van der Waals surface area contributed by atoms with Crippen molar-refractivity contribution >= 4 is 28.3 Å². The number of piperazine rings is 1. The SMILES string of the molecule is CC[C@H](c1ccc(F)c(Cl)c1)N1C[C@H]2COc3c(c4nc(C#N)ccc4n(C)c3=O)N2C[C@H]1C. The molecule has 3 atom stereocenters. The molecule has 2 aliphatic heterocycles. The summed E-state index contributed by atoms with van der Waals surface area (Å²) in [4.78, 5) is 22.2. The molecule has 0 aliphatic carbocycles. The molecule has 2 aromatic heterocycles. The van der Waals surface area contributed by atoms with E-state index in [-0.39, 0.29) is 34.5 Å². The molecule has 7 nitrogen and oxygen atoms in total. The molecule has 0 amide bonds. The maximum absolute atomic E-state index is 13.8. The van der Waals surface area contributed by atoms with Gasteiger partial charge in [-0.1, -0.05) is 24.6 Å². The molecule has 0 spiro atoms. The van der Waals surface area contributed by atoms with E-state index in [2.05, 4.69) is 34.7 Å². The van der Waals surface area contributed by atoms with Gasteiger partial charge >= 0.3 is 0 Å². The maximum atomic E-state index is 13.8. The summed E-state index contributed by atoms with van der Waals surface area (Å²) < 4.78 is 21.3. The third kappa shape index (κ3) is 3.51. The molecule has 3 aromatic rings. The Kier molecular flexibility index (Phi) is 5.70. The van der Waals surface area contributed by atoms with Crippen LogP contribution < -0.4 is 15.2 Å². The van der Waals surface area contributed by atoms with Crippen LogP contribution >= 0.6 is 11.6 Å². The van der Waals surface area contributed by atoms with Gasteiger partial charge in [-0.3, -0.25) is 9.69 Å². The smallest absolute Gasteiger partial charge is 0.295 e. The molecule has 2 aliphatic rings. The van der Waals surface area contributed by atoms with Crippen molar-refractivity contribution in [2.24, 2.45) is 7.05 Å². The summed E-state index contributed by atoms with van der Waals surface area (Å²) in [5.41, 5.74) is 2.98. The predicted octanol–water partition coefficient (Wildman–Crippen LogP) is 4.02. The summed E-state index contributed by atoms with van der Waals surface area (Å²) in [6, 6.07) is 10.6. The number of pyridine rings is 2. The molecule has 4 heterocycles. The van der Waals surface area contributed by atoms with Crippen molar-refractivity contribution in [2.45, 2.75) is 38.4 Å². The lowest BCUT2D eigenvalue weighted by Crippen LogP contribution is -2.61. The molecule has 0 saturated carbocycles. The fourth-order valence-electron chi connectivity index (χ4n) is 5.30. The zero-order chi connectivity index (χ0) is 24.1. The number of nitriles is 1. The fraction of sp³-hybridized carbons (Fsp3) is 0.400. The largest absolute Gasteiger partial charge is 0.484 e. The number of rotatable bonds is 3. The Bertz CT molecular complexity index is 1380. The lowest BCUT2D eigenvalue weighted by Gasteiger charge is -2.50. The molecule has 1 saturated heterocycles. The topological polar surface area (TPSA) is 74.4 Å². The summed E-state index contributed by atoms with van der Waals surface area (Å²) in [5, 5.41) is 9.53. The molecule has 1 fully saturated rings. The van der Waals surface area contributed by atoms with E-state index in [9.17, 15) is 14.4 Å². The molecular formula is C25H25ClFN5O2. The zero-order valence-corrected chi connectivity index (χ0v) is 20.0. The average molecular weight is 482 g/mol. The number of nitrogens with zero attached hydrogens (tertiary/aromatic N) is 5. The first-order chi connectivity index (χ1) is 16.3. The predicted molar refractivity (Wildman–Crippen MR) is 129 cm³/mol. The number of halogens is 2. The lowest BCUT2D eigenvalue weighted by molar-refractivity contribution is 0.0823. The monoisotopic (exact) mass is 481 g/mol. The molecule has 1 aromatic carbocycles. The van der Waals surface area contributed by atoms with E-state index in [1.54, 1.807) is 31.3 Å². The number of hydrogen-bond donors (Lipinski definition) is 0. The molecule has 0 N–H and O–H groups in total. The van der Waals surface area contributed by atoms with Gasteiger partial charge in [-0.2, -0.15) is 5.26 Å². The molecule has 0 bridgehead atoms. The second-order valence-electron chi connectivity index (χ2n) is 8.98. The van der Waals surface area contributed by atoms with Gasteiger partial charge in [0, 0.05) is 32.2 Å². The summed E-state index contributed by atoms with van der Waals surface area (Å²) in [7, 11) is 1.69. The Hall–Kier alpha value is -3.15. The highest BCUT2D eigenvalue weighted by atomic mass is 35.5. The second kappa shape index (κ2) is 8.57. The number of aromatic nitrogens is 2. The van der Waals surface area contributed by atoms with Gasteiger partial charge in [0.05, 0.1) is 16.6 Å². The van der Waals surface area contributed by atoms with Crippen LogP contribution in [-0.2, 0) is 7.05 Å². The van der Waals surface area contributed by atoms with Gasteiger partial charge in [0.25, 0.3) is 5.56 Å². The van der Waals surface area contributed by atoms with Crippen LogP contribution in [0, 0.1) is 17.1 Å². The van der Waals surface area contributed by atoms with E-state index < -0.39 is 5.82 Å². The van der Waals surface area contributed by atoms with Crippen LogP contribution in [0.4, 0.5) is 10.1 Å². The molecule has 0 unspecified atom stereocenters. The first-order valence-corrected chi connectivity index (χ1v) is 11.8. The lowest BCUT2D eigenvalue weighted by atomic mass is 9.96. The third-order valence-corrected chi connectivity index (χ3v) is 7.29. The van der Waals surface area contributed by atoms with Crippen LogP contribution in [0.15, 0.2) is 35.1 Å². The molecule has 34 heavy (non-hydrogen) atoms. The van der Waals surface area contributed by atoms with Crippen LogP contribution in [0.3, 0.4) is 0 Å². The molecule has 0 radical (unpaired) electrons. The third-order valence-electron chi connectivity index (χ3n) is 7.00. The summed E-state index contributed by atoms with van der Waals surface area (Å²) in [6.07, 6.45) is 0.840. The number of fused-ring (bicyclic) bond motifs is 5. The van der Waals surface area contributed by atoms with E-state index in [1.807, 2.05) is 0 Å². The van der Waals surface area contributed by atoms with Gasteiger partial charge in [-0.25, -0.2) is 9.37 Å². The van der Waals surface area contributed by atoms with E-state index in [0.29, 0.717) is 42.1 Å². The minimum absolute atomic E-state index is 0.00322. The average Bonchev–Trinajstić information content (AvgIpc) is 2.84. The van der Waals surface area contributed by atoms with Crippen molar-refractivity contribution in [1.82, 2.24) is 14.5 Å². The van der Waals surface area contributed by atoms with E-state index in [0.717, 1.165) is 12.0 Å². The van der Waals surface area contributed by atoms with E-state index >= 15 is 0 Å². The highest BCUT2D eigenvalue weighted by molar-refractivity contribution is 6.30.